The van der Waals surface area contributed by atoms with Crippen LogP contribution in [0.5, 0.6) is 0 Å². The van der Waals surface area contributed by atoms with Gasteiger partial charge in [0.25, 0.3) is 12.2 Å². The van der Waals surface area contributed by atoms with Gasteiger partial charge in [-0.25, -0.2) is 4.57 Å². The van der Waals surface area contributed by atoms with Gasteiger partial charge in [-0.3, -0.25) is 0 Å². The molecule has 28 heavy (non-hydrogen) atoms. The smallest absolute Gasteiger partial charge is 0.273 e. The van der Waals surface area contributed by atoms with Gasteiger partial charge in [-0.15, -0.1) is 0 Å². The number of aromatic nitrogens is 3. The van der Waals surface area contributed by atoms with Crippen LogP contribution in [0, 0.1) is 20.8 Å². The quantitative estimate of drug-likeness (QED) is 0.402. The predicted octanol–water partition coefficient (Wildman–Crippen LogP) is 5.19. The lowest BCUT2D eigenvalue weighted by Gasteiger charge is -2.09. The number of rotatable bonds is 2. The van der Waals surface area contributed by atoms with Gasteiger partial charge < -0.3 is 4.42 Å². The Morgan fingerprint density at radius 3 is 2.46 bits per heavy atom. The van der Waals surface area contributed by atoms with E-state index in [1.807, 2.05) is 30.2 Å². The molecule has 0 fully saturated rings. The van der Waals surface area contributed by atoms with E-state index < -0.39 is 0 Å². The second-order valence-electron chi connectivity index (χ2n) is 7.43. The highest BCUT2D eigenvalue weighted by atomic mass is 16.3. The second-order valence-corrected chi connectivity index (χ2v) is 7.43. The molecule has 5 aromatic rings. The largest absolute Gasteiger partial charge is 0.456 e. The molecule has 4 heteroatoms. The van der Waals surface area contributed by atoms with Crippen molar-refractivity contribution >= 4 is 21.9 Å². The van der Waals surface area contributed by atoms with E-state index in [1.54, 1.807) is 0 Å². The number of aryl methyl sites for hydroxylation is 4. The van der Waals surface area contributed by atoms with Crippen LogP contribution in [0.4, 0.5) is 0 Å². The Bertz CT molecular complexity index is 1360. The zero-order valence-corrected chi connectivity index (χ0v) is 16.5. The third-order valence-electron chi connectivity index (χ3n) is 5.54. The van der Waals surface area contributed by atoms with E-state index in [0.29, 0.717) is 0 Å². The molecule has 0 aliphatic carbocycles. The highest BCUT2D eigenvalue weighted by Gasteiger charge is 2.26. The first-order chi connectivity index (χ1) is 13.6. The van der Waals surface area contributed by atoms with Gasteiger partial charge in [0.1, 0.15) is 11.2 Å². The zero-order chi connectivity index (χ0) is 19.4. The molecule has 0 unspecified atom stereocenters. The molecule has 0 saturated carbocycles. The lowest BCUT2D eigenvalue weighted by molar-refractivity contribution is -0.660. The van der Waals surface area contributed by atoms with Gasteiger partial charge >= 0.3 is 0 Å². The molecule has 0 atom stereocenters. The molecule has 0 amide bonds. The minimum Gasteiger partial charge on any atom is -0.456 e. The molecule has 5 rings (SSSR count). The maximum absolute atomic E-state index is 6.23. The first-order valence-electron chi connectivity index (χ1n) is 9.47. The van der Waals surface area contributed by atoms with Crippen molar-refractivity contribution in [1.29, 1.82) is 0 Å². The molecule has 0 spiro atoms. The van der Waals surface area contributed by atoms with Gasteiger partial charge in [0.2, 0.25) is 0 Å². The van der Waals surface area contributed by atoms with E-state index in [-0.39, 0.29) is 0 Å². The van der Waals surface area contributed by atoms with Crippen molar-refractivity contribution in [3.63, 3.8) is 0 Å². The zero-order valence-electron chi connectivity index (χ0n) is 16.5. The van der Waals surface area contributed by atoms with Crippen molar-refractivity contribution in [1.82, 2.24) is 9.78 Å². The molecule has 138 valence electrons. The van der Waals surface area contributed by atoms with Crippen molar-refractivity contribution in [2.75, 3.05) is 0 Å². The number of nitrogens with zero attached hydrogens (tertiary/aromatic N) is 3. The summed E-state index contributed by atoms with van der Waals surface area (Å²) in [5.74, 6) is 1.06. The van der Waals surface area contributed by atoms with Gasteiger partial charge in [-0.1, -0.05) is 41.1 Å². The number of fused-ring (bicyclic) bond motifs is 3. The first-order valence-corrected chi connectivity index (χ1v) is 9.47. The van der Waals surface area contributed by atoms with Gasteiger partial charge in [0.15, 0.2) is 5.69 Å². The van der Waals surface area contributed by atoms with Crippen molar-refractivity contribution < 1.29 is 8.98 Å². The summed E-state index contributed by atoms with van der Waals surface area (Å²) < 4.78 is 10.3. The van der Waals surface area contributed by atoms with Gasteiger partial charge in [-0.2, -0.15) is 0 Å². The third-order valence-corrected chi connectivity index (χ3v) is 5.54. The van der Waals surface area contributed by atoms with Crippen molar-refractivity contribution in [2.24, 2.45) is 7.05 Å². The SMILES string of the molecule is Cc1ccccc1-c1n(-c2c(C)cc3c(oc4ccccc43)c2C)nc[n+]1C. The average molecular weight is 368 g/mol. The summed E-state index contributed by atoms with van der Waals surface area (Å²) in [7, 11) is 2.04. The van der Waals surface area contributed by atoms with Gasteiger partial charge in [0, 0.05) is 21.4 Å². The Kier molecular flexibility index (Phi) is 3.63. The molecule has 0 saturated heterocycles. The Hall–Kier alpha value is -3.40. The molecule has 2 heterocycles. The van der Waals surface area contributed by atoms with Crippen LogP contribution in [0.25, 0.3) is 39.0 Å². The van der Waals surface area contributed by atoms with Crippen LogP contribution in [0.2, 0.25) is 0 Å². The fourth-order valence-corrected chi connectivity index (χ4v) is 4.18. The summed E-state index contributed by atoms with van der Waals surface area (Å²) in [5, 5.41) is 7.03. The minimum atomic E-state index is 0.919. The average Bonchev–Trinajstić information content (AvgIpc) is 3.24. The maximum Gasteiger partial charge on any atom is 0.273 e. The fourth-order valence-electron chi connectivity index (χ4n) is 4.18. The van der Waals surface area contributed by atoms with E-state index in [2.05, 4.69) is 67.8 Å². The Balaban J connectivity index is 1.84. The van der Waals surface area contributed by atoms with E-state index in [9.17, 15) is 0 Å². The molecule has 0 radical (unpaired) electrons. The second kappa shape index (κ2) is 6.06. The lowest BCUT2D eigenvalue weighted by atomic mass is 10.0. The topological polar surface area (TPSA) is 34.8 Å². The lowest BCUT2D eigenvalue weighted by Crippen LogP contribution is -2.29. The molecule has 0 N–H and O–H groups in total. The highest BCUT2D eigenvalue weighted by molar-refractivity contribution is 6.07. The summed E-state index contributed by atoms with van der Waals surface area (Å²) >= 11 is 0. The third kappa shape index (κ3) is 2.31. The summed E-state index contributed by atoms with van der Waals surface area (Å²) in [5.41, 5.74) is 7.59. The van der Waals surface area contributed by atoms with Crippen molar-refractivity contribution in [3.8, 4) is 17.1 Å². The normalized spacial score (nSPS) is 11.6. The number of hydrogen-bond donors (Lipinski definition) is 0. The van der Waals surface area contributed by atoms with Crippen LogP contribution in [0.15, 0.2) is 65.3 Å². The maximum atomic E-state index is 6.23. The van der Waals surface area contributed by atoms with Crippen molar-refractivity contribution in [3.05, 3.63) is 77.6 Å². The molecule has 4 nitrogen and oxygen atoms in total. The first kappa shape index (κ1) is 16.8. The van der Waals surface area contributed by atoms with E-state index in [1.165, 1.54) is 16.7 Å². The van der Waals surface area contributed by atoms with Crippen LogP contribution < -0.4 is 4.57 Å². The molecular weight excluding hydrogens is 346 g/mol. The number of furan rings is 1. The Labute approximate surface area is 163 Å². The van der Waals surface area contributed by atoms with Crippen LogP contribution in [-0.4, -0.2) is 9.78 Å². The molecular formula is C24H22N3O+. The number of benzene rings is 3. The molecule has 0 aliphatic rings. The predicted molar refractivity (Wildman–Crippen MR) is 112 cm³/mol. The van der Waals surface area contributed by atoms with Crippen LogP contribution in [0.3, 0.4) is 0 Å². The highest BCUT2D eigenvalue weighted by Crippen LogP contribution is 2.36. The summed E-state index contributed by atoms with van der Waals surface area (Å²) in [4.78, 5) is 0. The summed E-state index contributed by atoms with van der Waals surface area (Å²) in [6.07, 6.45) is 1.86. The molecule has 0 bridgehead atoms. The van der Waals surface area contributed by atoms with Crippen LogP contribution >= 0.6 is 0 Å². The number of para-hydroxylation sites is 1. The van der Waals surface area contributed by atoms with E-state index in [0.717, 1.165) is 39.0 Å². The van der Waals surface area contributed by atoms with Gasteiger partial charge in [-0.05, 0) is 50.1 Å². The Morgan fingerprint density at radius 1 is 0.893 bits per heavy atom. The fraction of sp³-hybridized carbons (Fsp3) is 0.167. The summed E-state index contributed by atoms with van der Waals surface area (Å²) in [6, 6.07) is 18.8. The standard InChI is InChI=1S/C24H22N3O/c1-15-9-5-6-10-18(15)24-26(4)14-25-27(24)22-16(2)13-20-19-11-7-8-12-21(19)28-23(20)17(22)3/h5-14H,1-4H3/q+1. The van der Waals surface area contributed by atoms with E-state index >= 15 is 0 Å². The van der Waals surface area contributed by atoms with Gasteiger partial charge in [0.05, 0.1) is 12.6 Å². The summed E-state index contributed by atoms with van der Waals surface area (Å²) in [6.45, 7) is 6.40. The molecule has 0 aliphatic heterocycles. The monoisotopic (exact) mass is 368 g/mol. The Morgan fingerprint density at radius 2 is 1.64 bits per heavy atom. The van der Waals surface area contributed by atoms with Crippen LogP contribution in [-0.2, 0) is 7.05 Å². The minimum absolute atomic E-state index is 0.919. The van der Waals surface area contributed by atoms with Crippen molar-refractivity contribution in [2.45, 2.75) is 20.8 Å². The van der Waals surface area contributed by atoms with E-state index in [4.69, 9.17) is 9.52 Å². The molecule has 3 aromatic carbocycles. The van der Waals surface area contributed by atoms with Crippen LogP contribution in [0.1, 0.15) is 16.7 Å². The molecule has 2 aromatic heterocycles. The number of hydrogen-bond acceptors (Lipinski definition) is 2.